The van der Waals surface area contributed by atoms with Crippen LogP contribution in [0.25, 0.3) is 0 Å². The quantitative estimate of drug-likeness (QED) is 0.724. The van der Waals surface area contributed by atoms with Gasteiger partial charge < -0.3 is 5.32 Å². The lowest BCUT2D eigenvalue weighted by molar-refractivity contribution is -0.125. The predicted octanol–water partition coefficient (Wildman–Crippen LogP) is 2.03. The molecule has 98 valence electrons. The zero-order chi connectivity index (χ0) is 13.8. The van der Waals surface area contributed by atoms with Crippen molar-refractivity contribution in [1.29, 1.82) is 0 Å². The molecule has 0 aromatic carbocycles. The van der Waals surface area contributed by atoms with E-state index in [1.807, 2.05) is 27.7 Å². The zero-order valence-corrected chi connectivity index (χ0v) is 11.4. The number of carbonyl (C=O) groups is 3. The van der Waals surface area contributed by atoms with E-state index in [9.17, 15) is 14.4 Å². The van der Waals surface area contributed by atoms with Gasteiger partial charge in [0.1, 0.15) is 5.78 Å². The summed E-state index contributed by atoms with van der Waals surface area (Å²) in [5.74, 6) is -0.423. The highest BCUT2D eigenvalue weighted by Gasteiger charge is 2.05. The second-order valence-electron chi connectivity index (χ2n) is 3.67. The lowest BCUT2D eigenvalue weighted by atomic mass is 10.1. The summed E-state index contributed by atoms with van der Waals surface area (Å²) in [7, 11) is 0. The summed E-state index contributed by atoms with van der Waals surface area (Å²) < 4.78 is 0. The van der Waals surface area contributed by atoms with Crippen LogP contribution in [-0.4, -0.2) is 24.0 Å². The molecule has 0 heterocycles. The molecule has 0 aliphatic rings. The Balaban J connectivity index is 0. The third-order valence-electron chi connectivity index (χ3n) is 1.58. The normalized spacial score (nSPS) is 8.53. The number of amides is 1. The van der Waals surface area contributed by atoms with E-state index in [0.29, 0.717) is 0 Å². The van der Waals surface area contributed by atoms with Crippen molar-refractivity contribution in [2.75, 3.05) is 6.54 Å². The van der Waals surface area contributed by atoms with Crippen molar-refractivity contribution in [3.63, 3.8) is 0 Å². The van der Waals surface area contributed by atoms with Crippen LogP contribution in [0.1, 0.15) is 47.5 Å². The van der Waals surface area contributed by atoms with Crippen molar-refractivity contribution in [1.82, 2.24) is 5.32 Å². The van der Waals surface area contributed by atoms with Gasteiger partial charge in [-0.3, -0.25) is 14.4 Å². The molecule has 0 aromatic rings. The first-order valence-corrected chi connectivity index (χ1v) is 5.85. The van der Waals surface area contributed by atoms with Crippen LogP contribution in [-0.2, 0) is 14.4 Å². The molecule has 0 rings (SSSR count). The highest BCUT2D eigenvalue weighted by Crippen LogP contribution is 1.96. The number of rotatable bonds is 6. The second kappa shape index (κ2) is 11.0. The second-order valence-corrected chi connectivity index (χ2v) is 3.67. The largest absolute Gasteiger partial charge is 0.349 e. The van der Waals surface area contributed by atoms with Gasteiger partial charge in [0.2, 0.25) is 5.91 Å². The summed E-state index contributed by atoms with van der Waals surface area (Å²) >= 11 is 0. The highest BCUT2D eigenvalue weighted by atomic mass is 16.2. The van der Waals surface area contributed by atoms with Gasteiger partial charge in [-0.15, -0.1) is 0 Å². The number of allylic oxidation sites excluding steroid dienone is 2. The summed E-state index contributed by atoms with van der Waals surface area (Å²) in [4.78, 5) is 32.8. The van der Waals surface area contributed by atoms with Gasteiger partial charge in [0.25, 0.3) is 0 Å². The maximum Gasteiger partial charge on any atom is 0.220 e. The van der Waals surface area contributed by atoms with Gasteiger partial charge in [-0.05, 0) is 26.8 Å². The zero-order valence-electron chi connectivity index (χ0n) is 11.4. The molecule has 4 heteroatoms. The molecule has 0 fully saturated rings. The smallest absolute Gasteiger partial charge is 0.220 e. The molecule has 0 bridgehead atoms. The summed E-state index contributed by atoms with van der Waals surface area (Å²) in [5.41, 5.74) is 0.921. The van der Waals surface area contributed by atoms with Gasteiger partial charge in [-0.25, -0.2) is 0 Å². The third kappa shape index (κ3) is 14.6. The molecule has 1 amide bonds. The first-order valence-electron chi connectivity index (χ1n) is 5.85. The Hall–Kier alpha value is -1.45. The molecule has 4 nitrogen and oxygen atoms in total. The predicted molar refractivity (Wildman–Crippen MR) is 68.7 cm³/mol. The van der Waals surface area contributed by atoms with E-state index in [2.05, 4.69) is 5.32 Å². The average Bonchev–Trinajstić information content (AvgIpc) is 2.25. The van der Waals surface area contributed by atoms with Crippen molar-refractivity contribution in [3.05, 3.63) is 11.6 Å². The molecule has 0 aliphatic carbocycles. The van der Waals surface area contributed by atoms with Crippen molar-refractivity contribution >= 4 is 17.5 Å². The van der Waals surface area contributed by atoms with Gasteiger partial charge in [0.15, 0.2) is 5.78 Å². The fourth-order valence-corrected chi connectivity index (χ4v) is 0.942. The first-order chi connectivity index (χ1) is 7.91. The molecule has 1 N–H and O–H groups in total. The molecule has 0 unspecified atom stereocenters. The Morgan fingerprint density at radius 1 is 1.00 bits per heavy atom. The number of ketones is 2. The van der Waals surface area contributed by atoms with E-state index in [4.69, 9.17) is 0 Å². The van der Waals surface area contributed by atoms with E-state index >= 15 is 0 Å². The van der Waals surface area contributed by atoms with Crippen LogP contribution < -0.4 is 5.32 Å². The van der Waals surface area contributed by atoms with E-state index in [1.54, 1.807) is 0 Å². The first kappa shape index (κ1) is 17.9. The van der Waals surface area contributed by atoms with Crippen molar-refractivity contribution < 1.29 is 14.4 Å². The minimum absolute atomic E-state index is 0.0374. The molecule has 0 atom stereocenters. The van der Waals surface area contributed by atoms with E-state index in [1.165, 1.54) is 13.0 Å². The molecule has 0 saturated carbocycles. The molecule has 0 aromatic heterocycles. The Morgan fingerprint density at radius 2 is 1.53 bits per heavy atom. The maximum absolute atomic E-state index is 11.2. The van der Waals surface area contributed by atoms with Crippen molar-refractivity contribution in [2.24, 2.45) is 0 Å². The highest BCUT2D eigenvalue weighted by molar-refractivity contribution is 5.93. The molecule has 0 spiro atoms. The Bertz CT molecular complexity index is 289. The molecule has 0 saturated heterocycles. The molecular formula is C13H23NO3. The van der Waals surface area contributed by atoms with Crippen LogP contribution in [0.3, 0.4) is 0 Å². The third-order valence-corrected chi connectivity index (χ3v) is 1.58. The summed E-state index contributed by atoms with van der Waals surface area (Å²) in [5, 5.41) is 2.43. The fraction of sp³-hybridized carbons (Fsp3) is 0.615. The van der Waals surface area contributed by atoms with Crippen LogP contribution in [0.4, 0.5) is 0 Å². The topological polar surface area (TPSA) is 63.2 Å². The Kier molecular flexibility index (Phi) is 11.7. The lowest BCUT2D eigenvalue weighted by Crippen LogP contribution is -2.28. The minimum atomic E-state index is -0.263. The van der Waals surface area contributed by atoms with Crippen molar-refractivity contribution in [2.45, 2.75) is 47.5 Å². The number of carbonyl (C=O) groups excluding carboxylic acids is 3. The van der Waals surface area contributed by atoms with E-state index in [-0.39, 0.29) is 36.9 Å². The monoisotopic (exact) mass is 241 g/mol. The summed E-state index contributed by atoms with van der Waals surface area (Å²) in [6.07, 6.45) is 1.84. The van der Waals surface area contributed by atoms with Gasteiger partial charge in [0, 0.05) is 12.8 Å². The summed E-state index contributed by atoms with van der Waals surface area (Å²) in [6.45, 7) is 9.09. The van der Waals surface area contributed by atoms with Crippen LogP contribution in [0.15, 0.2) is 11.6 Å². The minimum Gasteiger partial charge on any atom is -0.349 e. The van der Waals surface area contributed by atoms with Crippen LogP contribution in [0.5, 0.6) is 0 Å². The van der Waals surface area contributed by atoms with Gasteiger partial charge in [0.05, 0.1) is 6.54 Å². The van der Waals surface area contributed by atoms with Crippen LogP contribution in [0, 0.1) is 0 Å². The van der Waals surface area contributed by atoms with E-state index < -0.39 is 0 Å². The summed E-state index contributed by atoms with van der Waals surface area (Å²) in [6, 6.07) is 0. The molecule has 0 radical (unpaired) electrons. The van der Waals surface area contributed by atoms with Gasteiger partial charge in [-0.2, -0.15) is 0 Å². The molecular weight excluding hydrogens is 218 g/mol. The SMILES string of the molecule is CC.CC(=O)CNC(=O)CCC(=O)C=C(C)C. The maximum atomic E-state index is 11.2. The van der Waals surface area contributed by atoms with E-state index in [0.717, 1.165) is 5.57 Å². The number of hydrogen-bond acceptors (Lipinski definition) is 3. The Labute approximate surface area is 103 Å². The lowest BCUT2D eigenvalue weighted by Gasteiger charge is -2.00. The average molecular weight is 241 g/mol. The van der Waals surface area contributed by atoms with Crippen LogP contribution >= 0.6 is 0 Å². The number of hydrogen-bond donors (Lipinski definition) is 1. The molecule has 17 heavy (non-hydrogen) atoms. The fourth-order valence-electron chi connectivity index (χ4n) is 0.942. The molecule has 0 aliphatic heterocycles. The van der Waals surface area contributed by atoms with Crippen molar-refractivity contribution in [3.8, 4) is 0 Å². The number of Topliss-reactive ketones (excluding diaryl/α,β-unsaturated/α-hetero) is 1. The van der Waals surface area contributed by atoms with Gasteiger partial charge >= 0.3 is 0 Å². The Morgan fingerprint density at radius 3 is 1.94 bits per heavy atom. The number of nitrogens with one attached hydrogen (secondary N) is 1. The van der Waals surface area contributed by atoms with Crippen LogP contribution in [0.2, 0.25) is 0 Å². The van der Waals surface area contributed by atoms with Gasteiger partial charge in [-0.1, -0.05) is 19.4 Å². The standard InChI is InChI=1S/C11H17NO3.C2H6/c1-8(2)6-10(14)4-5-11(15)12-7-9(3)13;1-2/h6H,4-5,7H2,1-3H3,(H,12,15);1-2H3.